The Balaban J connectivity index is 2.62. The molecule has 1 amide bonds. The quantitative estimate of drug-likeness (QED) is 0.312. The molecule has 0 spiro atoms. The van der Waals surface area contributed by atoms with Crippen molar-refractivity contribution in [3.8, 4) is 0 Å². The molecule has 0 aromatic heterocycles. The van der Waals surface area contributed by atoms with Crippen LogP contribution in [0.2, 0.25) is 0 Å². The minimum Gasteiger partial charge on any atom is -0.361 e. The number of hydrogen-bond donors (Lipinski definition) is 1. The van der Waals surface area contributed by atoms with Gasteiger partial charge in [0.05, 0.1) is 0 Å². The van der Waals surface area contributed by atoms with Crippen molar-refractivity contribution in [1.29, 1.82) is 0 Å². The first-order valence-corrected chi connectivity index (χ1v) is 2.59. The molecule has 0 aromatic rings. The molecule has 0 unspecified atom stereocenters. The average molecular weight is 116 g/mol. The van der Waals surface area contributed by atoms with Gasteiger partial charge in [0.25, 0.3) is 0 Å². The van der Waals surface area contributed by atoms with Crippen molar-refractivity contribution in [3.05, 3.63) is 0 Å². The SMILES string of the molecule is CCCOCN[C]=O. The van der Waals surface area contributed by atoms with Gasteiger partial charge in [0, 0.05) is 6.61 Å². The lowest BCUT2D eigenvalue weighted by Gasteiger charge is -1.96. The smallest absolute Gasteiger partial charge is 0.311 e. The molecule has 0 aliphatic carbocycles. The molecule has 3 heteroatoms. The highest BCUT2D eigenvalue weighted by Gasteiger charge is 1.79. The lowest BCUT2D eigenvalue weighted by Crippen LogP contribution is -2.15. The topological polar surface area (TPSA) is 38.3 Å². The maximum absolute atomic E-state index is 9.45. The van der Waals surface area contributed by atoms with Crippen LogP contribution in [0.15, 0.2) is 0 Å². The Labute approximate surface area is 49.0 Å². The third-order valence-electron chi connectivity index (χ3n) is 0.595. The molecule has 1 N–H and O–H groups in total. The Morgan fingerprint density at radius 2 is 2.50 bits per heavy atom. The number of ether oxygens (including phenoxy) is 1. The third kappa shape index (κ3) is 5.43. The van der Waals surface area contributed by atoms with Crippen LogP contribution >= 0.6 is 0 Å². The number of hydrogen-bond acceptors (Lipinski definition) is 2. The second-order valence-corrected chi connectivity index (χ2v) is 1.33. The summed E-state index contributed by atoms with van der Waals surface area (Å²) in [5, 5.41) is 2.26. The van der Waals surface area contributed by atoms with Crippen LogP contribution in [0.5, 0.6) is 0 Å². The molecule has 0 rings (SSSR count). The van der Waals surface area contributed by atoms with Crippen LogP contribution in [0.4, 0.5) is 0 Å². The van der Waals surface area contributed by atoms with Crippen LogP contribution < -0.4 is 5.32 Å². The van der Waals surface area contributed by atoms with Gasteiger partial charge in [-0.25, -0.2) is 0 Å². The van der Waals surface area contributed by atoms with Gasteiger partial charge in [0.1, 0.15) is 6.73 Å². The summed E-state index contributed by atoms with van der Waals surface area (Å²) in [6.45, 7) is 2.97. The van der Waals surface area contributed by atoms with Gasteiger partial charge in [-0.05, 0) is 6.42 Å². The molecule has 0 aliphatic heterocycles. The lowest BCUT2D eigenvalue weighted by atomic mass is 10.5. The predicted octanol–water partition coefficient (Wildman–Crippen LogP) is 0.0273. The van der Waals surface area contributed by atoms with Gasteiger partial charge in [-0.15, -0.1) is 0 Å². The van der Waals surface area contributed by atoms with Crippen molar-refractivity contribution in [2.24, 2.45) is 0 Å². The van der Waals surface area contributed by atoms with Gasteiger partial charge in [0.2, 0.25) is 0 Å². The maximum Gasteiger partial charge on any atom is 0.311 e. The molecule has 0 bridgehead atoms. The Hall–Kier alpha value is -0.570. The summed E-state index contributed by atoms with van der Waals surface area (Å²) in [7, 11) is 0. The van der Waals surface area contributed by atoms with Crippen LogP contribution in [0, 0.1) is 0 Å². The summed E-state index contributed by atoms with van der Waals surface area (Å²) in [5.74, 6) is 0. The molecule has 0 aliphatic rings. The molecule has 0 saturated heterocycles. The van der Waals surface area contributed by atoms with E-state index in [0.717, 1.165) is 6.42 Å². The summed E-state index contributed by atoms with van der Waals surface area (Å²) >= 11 is 0. The fourth-order valence-electron chi connectivity index (χ4n) is 0.297. The fraction of sp³-hybridized carbons (Fsp3) is 0.800. The van der Waals surface area contributed by atoms with Crippen molar-refractivity contribution >= 4 is 6.41 Å². The van der Waals surface area contributed by atoms with E-state index >= 15 is 0 Å². The molecule has 0 aromatic carbocycles. The summed E-state index contributed by atoms with van der Waals surface area (Å²) < 4.78 is 4.85. The number of carbonyl (C=O) groups excluding carboxylic acids is 1. The van der Waals surface area contributed by atoms with E-state index in [0.29, 0.717) is 6.61 Å². The van der Waals surface area contributed by atoms with Gasteiger partial charge in [0.15, 0.2) is 0 Å². The van der Waals surface area contributed by atoms with Gasteiger partial charge in [-0.1, -0.05) is 6.92 Å². The van der Waals surface area contributed by atoms with E-state index in [1.165, 1.54) is 6.41 Å². The van der Waals surface area contributed by atoms with E-state index in [2.05, 4.69) is 5.32 Å². The average Bonchev–Trinajstić information content (AvgIpc) is 1.81. The minimum atomic E-state index is 0.275. The van der Waals surface area contributed by atoms with Gasteiger partial charge in [-0.3, -0.25) is 4.79 Å². The highest BCUT2D eigenvalue weighted by Crippen LogP contribution is 1.74. The largest absolute Gasteiger partial charge is 0.361 e. The van der Waals surface area contributed by atoms with Crippen molar-refractivity contribution in [3.63, 3.8) is 0 Å². The number of nitrogens with one attached hydrogen (secondary N) is 1. The summed E-state index contributed by atoms with van der Waals surface area (Å²) in [5.41, 5.74) is 0. The first-order valence-electron chi connectivity index (χ1n) is 2.59. The number of amides is 1. The highest BCUT2D eigenvalue weighted by atomic mass is 16.5. The summed E-state index contributed by atoms with van der Waals surface area (Å²) in [6, 6.07) is 0. The third-order valence-corrected chi connectivity index (χ3v) is 0.595. The first-order chi connectivity index (χ1) is 3.91. The van der Waals surface area contributed by atoms with Crippen LogP contribution in [0.1, 0.15) is 13.3 Å². The minimum absolute atomic E-state index is 0.275. The zero-order valence-corrected chi connectivity index (χ0v) is 4.94. The molecule has 3 nitrogen and oxygen atoms in total. The van der Waals surface area contributed by atoms with Gasteiger partial charge >= 0.3 is 6.41 Å². The fourth-order valence-corrected chi connectivity index (χ4v) is 0.297. The van der Waals surface area contributed by atoms with Crippen molar-refractivity contribution < 1.29 is 9.53 Å². The molecular formula is C5H10NO2. The van der Waals surface area contributed by atoms with Gasteiger partial charge < -0.3 is 10.1 Å². The molecule has 0 saturated carbocycles. The van der Waals surface area contributed by atoms with E-state index in [1.54, 1.807) is 0 Å². The van der Waals surface area contributed by atoms with E-state index in [1.807, 2.05) is 6.92 Å². The maximum atomic E-state index is 9.45. The number of rotatable bonds is 5. The van der Waals surface area contributed by atoms with Crippen molar-refractivity contribution in [1.82, 2.24) is 5.32 Å². The second kappa shape index (κ2) is 6.43. The monoisotopic (exact) mass is 116 g/mol. The zero-order chi connectivity index (χ0) is 6.24. The molecular weight excluding hydrogens is 106 g/mol. The predicted molar refractivity (Wildman–Crippen MR) is 29.9 cm³/mol. The summed E-state index contributed by atoms with van der Waals surface area (Å²) in [6.07, 6.45) is 2.47. The highest BCUT2D eigenvalue weighted by molar-refractivity contribution is 5.46. The molecule has 0 atom stereocenters. The molecule has 0 fully saturated rings. The molecule has 8 heavy (non-hydrogen) atoms. The second-order valence-electron chi connectivity index (χ2n) is 1.33. The van der Waals surface area contributed by atoms with E-state index < -0.39 is 0 Å². The van der Waals surface area contributed by atoms with Crippen LogP contribution in [-0.4, -0.2) is 19.7 Å². The lowest BCUT2D eigenvalue weighted by molar-refractivity contribution is 0.129. The van der Waals surface area contributed by atoms with Crippen molar-refractivity contribution in [2.45, 2.75) is 13.3 Å². The van der Waals surface area contributed by atoms with E-state index in [9.17, 15) is 4.79 Å². The van der Waals surface area contributed by atoms with E-state index in [-0.39, 0.29) is 6.73 Å². The standard InChI is InChI=1S/C5H10NO2/c1-2-3-8-5-6-4-7/h2-3,5H2,1H3,(H,6,7). The van der Waals surface area contributed by atoms with E-state index in [4.69, 9.17) is 4.74 Å². The molecule has 47 valence electrons. The Morgan fingerprint density at radius 1 is 1.75 bits per heavy atom. The van der Waals surface area contributed by atoms with Crippen LogP contribution in [-0.2, 0) is 9.53 Å². The Kier molecular flexibility index (Phi) is 5.97. The van der Waals surface area contributed by atoms with Crippen LogP contribution in [0.3, 0.4) is 0 Å². The Bertz CT molecular complexity index is 56.4. The van der Waals surface area contributed by atoms with Crippen molar-refractivity contribution in [2.75, 3.05) is 13.3 Å². The van der Waals surface area contributed by atoms with Crippen LogP contribution in [0.25, 0.3) is 0 Å². The normalized spacial score (nSPS) is 8.62. The molecule has 1 radical (unpaired) electrons. The molecule has 0 heterocycles. The zero-order valence-electron chi connectivity index (χ0n) is 4.94. The first kappa shape index (κ1) is 7.43. The Morgan fingerprint density at radius 3 is 3.00 bits per heavy atom. The summed E-state index contributed by atoms with van der Waals surface area (Å²) in [4.78, 5) is 9.45. The van der Waals surface area contributed by atoms with Gasteiger partial charge in [-0.2, -0.15) is 0 Å².